The maximum Gasteiger partial charge on any atom is 0.264 e. The highest BCUT2D eigenvalue weighted by molar-refractivity contribution is 8.16. The van der Waals surface area contributed by atoms with Gasteiger partial charge < -0.3 is 4.90 Å². The van der Waals surface area contributed by atoms with Gasteiger partial charge in [0.15, 0.2) is 5.17 Å². The molecule has 0 aliphatic carbocycles. The zero-order valence-corrected chi connectivity index (χ0v) is 11.9. The number of hydrogen-bond acceptors (Lipinski definition) is 4. The van der Waals surface area contributed by atoms with Crippen molar-refractivity contribution in [2.45, 2.75) is 25.5 Å². The van der Waals surface area contributed by atoms with Crippen LogP contribution in [0.1, 0.15) is 20.8 Å². The van der Waals surface area contributed by atoms with Crippen molar-refractivity contribution in [2.24, 2.45) is 10.9 Å². The van der Waals surface area contributed by atoms with Crippen LogP contribution in [0, 0.1) is 5.92 Å². The third kappa shape index (κ3) is 2.14. The number of aliphatic imine (C=N–C) groups is 1. The van der Waals surface area contributed by atoms with Gasteiger partial charge in [-0.25, -0.2) is 0 Å². The zero-order valence-electron chi connectivity index (χ0n) is 11.0. The van der Waals surface area contributed by atoms with Gasteiger partial charge in [0.1, 0.15) is 4.75 Å². The lowest BCUT2D eigenvalue weighted by atomic mass is 9.96. The number of hydrogen-bond donors (Lipinski definition) is 0. The molecular formula is C13H17N3OS. The van der Waals surface area contributed by atoms with Crippen molar-refractivity contribution in [3.05, 3.63) is 24.5 Å². The second kappa shape index (κ2) is 4.72. The molecule has 0 N–H and O–H groups in total. The third-order valence-electron chi connectivity index (χ3n) is 3.36. The number of pyridine rings is 1. The Morgan fingerprint density at radius 3 is 2.44 bits per heavy atom. The SMILES string of the molecule is CC(C)C1(C)SC(N(C)c2ccncc2)=NC1=O. The number of anilines is 1. The van der Waals surface area contributed by atoms with Crippen molar-refractivity contribution in [3.8, 4) is 0 Å². The lowest BCUT2D eigenvalue weighted by Crippen LogP contribution is -2.34. The quantitative estimate of drug-likeness (QED) is 0.822. The fourth-order valence-corrected chi connectivity index (χ4v) is 2.76. The minimum absolute atomic E-state index is 0.0431. The van der Waals surface area contributed by atoms with Gasteiger partial charge >= 0.3 is 0 Å². The van der Waals surface area contributed by atoms with Gasteiger partial charge in [0.2, 0.25) is 0 Å². The number of carbonyl (C=O) groups is 1. The summed E-state index contributed by atoms with van der Waals surface area (Å²) in [5, 5.41) is 0.752. The van der Waals surface area contributed by atoms with Gasteiger partial charge in [-0.3, -0.25) is 9.78 Å². The van der Waals surface area contributed by atoms with Crippen LogP contribution >= 0.6 is 11.8 Å². The van der Waals surface area contributed by atoms with E-state index < -0.39 is 4.75 Å². The van der Waals surface area contributed by atoms with E-state index in [0.717, 1.165) is 10.9 Å². The molecule has 0 spiro atoms. The molecule has 0 aromatic carbocycles. The van der Waals surface area contributed by atoms with Crippen molar-refractivity contribution in [1.29, 1.82) is 0 Å². The van der Waals surface area contributed by atoms with E-state index in [1.165, 1.54) is 11.8 Å². The van der Waals surface area contributed by atoms with Crippen molar-refractivity contribution in [1.82, 2.24) is 4.98 Å². The molecule has 5 heteroatoms. The predicted molar refractivity (Wildman–Crippen MR) is 75.9 cm³/mol. The molecule has 1 aliphatic heterocycles. The van der Waals surface area contributed by atoms with Gasteiger partial charge in [0, 0.05) is 25.1 Å². The number of rotatable bonds is 2. The summed E-state index contributed by atoms with van der Waals surface area (Å²) in [6.45, 7) is 6.06. The van der Waals surface area contributed by atoms with Crippen LogP contribution in [0.3, 0.4) is 0 Å². The van der Waals surface area contributed by atoms with Crippen LogP contribution < -0.4 is 4.90 Å². The first kappa shape index (κ1) is 13.1. The molecule has 1 atom stereocenters. The highest BCUT2D eigenvalue weighted by Gasteiger charge is 2.44. The fourth-order valence-electron chi connectivity index (χ4n) is 1.64. The second-order valence-corrected chi connectivity index (χ2v) is 6.25. The van der Waals surface area contributed by atoms with E-state index in [2.05, 4.69) is 23.8 Å². The summed E-state index contributed by atoms with van der Waals surface area (Å²) in [5.41, 5.74) is 0.983. The number of amides is 1. The van der Waals surface area contributed by atoms with Crippen LogP contribution in [-0.2, 0) is 4.79 Å². The molecule has 0 radical (unpaired) electrons. The topological polar surface area (TPSA) is 45.6 Å². The standard InChI is InChI=1S/C13H17N3OS/c1-9(2)13(3)11(17)15-12(18-13)16(4)10-5-7-14-8-6-10/h5-9H,1-4H3. The molecule has 0 bridgehead atoms. The smallest absolute Gasteiger partial charge is 0.264 e. The normalized spacial score (nSPS) is 23.4. The van der Waals surface area contributed by atoms with E-state index in [9.17, 15) is 4.79 Å². The van der Waals surface area contributed by atoms with E-state index in [4.69, 9.17) is 0 Å². The molecule has 1 amide bonds. The molecule has 4 nitrogen and oxygen atoms in total. The minimum atomic E-state index is -0.448. The molecule has 1 aliphatic rings. The Kier molecular flexibility index (Phi) is 3.43. The summed E-state index contributed by atoms with van der Waals surface area (Å²) in [7, 11) is 1.92. The summed E-state index contributed by atoms with van der Waals surface area (Å²) in [6.07, 6.45) is 3.46. The van der Waals surface area contributed by atoms with Crippen LogP contribution in [-0.4, -0.2) is 27.9 Å². The average molecular weight is 263 g/mol. The Bertz CT molecular complexity index is 486. The number of carbonyl (C=O) groups excluding carboxylic acids is 1. The molecule has 18 heavy (non-hydrogen) atoms. The van der Waals surface area contributed by atoms with Crippen molar-refractivity contribution < 1.29 is 4.79 Å². The molecule has 0 fully saturated rings. The van der Waals surface area contributed by atoms with Gasteiger partial charge in [-0.1, -0.05) is 25.6 Å². The Balaban J connectivity index is 2.23. The first-order valence-corrected chi connectivity index (χ1v) is 6.72. The average Bonchev–Trinajstić information content (AvgIpc) is 2.67. The lowest BCUT2D eigenvalue weighted by molar-refractivity contribution is -0.120. The number of nitrogens with zero attached hydrogens (tertiary/aromatic N) is 3. The largest absolute Gasteiger partial charge is 0.324 e. The molecule has 1 aromatic heterocycles. The van der Waals surface area contributed by atoms with E-state index in [-0.39, 0.29) is 11.8 Å². The molecule has 1 aromatic rings. The van der Waals surface area contributed by atoms with E-state index in [0.29, 0.717) is 0 Å². The van der Waals surface area contributed by atoms with Crippen LogP contribution in [0.15, 0.2) is 29.5 Å². The maximum atomic E-state index is 12.0. The predicted octanol–water partition coefficient (Wildman–Crippen LogP) is 2.56. The van der Waals surface area contributed by atoms with Crippen LogP contribution in [0.2, 0.25) is 0 Å². The van der Waals surface area contributed by atoms with Gasteiger partial charge in [-0.05, 0) is 25.0 Å². The summed E-state index contributed by atoms with van der Waals surface area (Å²) in [6, 6.07) is 3.80. The van der Waals surface area contributed by atoms with Crippen LogP contribution in [0.5, 0.6) is 0 Å². The van der Waals surface area contributed by atoms with E-state index in [1.54, 1.807) is 12.4 Å². The molecule has 2 heterocycles. The molecule has 2 rings (SSSR count). The van der Waals surface area contributed by atoms with Crippen molar-refractivity contribution >= 4 is 28.5 Å². The van der Waals surface area contributed by atoms with Gasteiger partial charge in [0.25, 0.3) is 5.91 Å². The second-order valence-electron chi connectivity index (χ2n) is 4.83. The Morgan fingerprint density at radius 1 is 1.33 bits per heavy atom. The van der Waals surface area contributed by atoms with Crippen LogP contribution in [0.25, 0.3) is 0 Å². The Hall–Kier alpha value is -1.36. The highest BCUT2D eigenvalue weighted by atomic mass is 32.2. The summed E-state index contributed by atoms with van der Waals surface area (Å²) in [4.78, 5) is 22.1. The Morgan fingerprint density at radius 2 is 1.94 bits per heavy atom. The summed E-state index contributed by atoms with van der Waals surface area (Å²) >= 11 is 1.54. The van der Waals surface area contributed by atoms with Crippen LogP contribution in [0.4, 0.5) is 5.69 Å². The molecule has 0 saturated carbocycles. The van der Waals surface area contributed by atoms with Gasteiger partial charge in [-0.15, -0.1) is 0 Å². The number of amidine groups is 1. The summed E-state index contributed by atoms with van der Waals surface area (Å²) < 4.78 is -0.448. The summed E-state index contributed by atoms with van der Waals surface area (Å²) in [5.74, 6) is 0.209. The highest BCUT2D eigenvalue weighted by Crippen LogP contribution is 2.41. The molecule has 1 unspecified atom stereocenters. The maximum absolute atomic E-state index is 12.0. The first-order chi connectivity index (χ1) is 8.45. The van der Waals surface area contributed by atoms with Crippen molar-refractivity contribution in [3.63, 3.8) is 0 Å². The number of thioether (sulfide) groups is 1. The number of aromatic nitrogens is 1. The zero-order chi connectivity index (χ0) is 13.3. The fraction of sp³-hybridized carbons (Fsp3) is 0.462. The van der Waals surface area contributed by atoms with Gasteiger partial charge in [0.05, 0.1) is 0 Å². The van der Waals surface area contributed by atoms with E-state index in [1.807, 2.05) is 31.0 Å². The Labute approximate surface area is 112 Å². The molecular weight excluding hydrogens is 246 g/mol. The molecule has 96 valence electrons. The van der Waals surface area contributed by atoms with Gasteiger partial charge in [-0.2, -0.15) is 4.99 Å². The third-order valence-corrected chi connectivity index (χ3v) is 4.98. The molecule has 0 saturated heterocycles. The van der Waals surface area contributed by atoms with Crippen molar-refractivity contribution in [2.75, 3.05) is 11.9 Å². The minimum Gasteiger partial charge on any atom is -0.324 e. The first-order valence-electron chi connectivity index (χ1n) is 5.91. The lowest BCUT2D eigenvalue weighted by Gasteiger charge is -2.26. The monoisotopic (exact) mass is 263 g/mol. The van der Waals surface area contributed by atoms with E-state index >= 15 is 0 Å².